The van der Waals surface area contributed by atoms with Crippen molar-refractivity contribution in [1.82, 2.24) is 0 Å². The highest BCUT2D eigenvalue weighted by Gasteiger charge is 2.14. The van der Waals surface area contributed by atoms with Crippen LogP contribution in [-0.2, 0) is 14.3 Å². The second-order valence-corrected chi connectivity index (χ2v) is 13.5. The highest BCUT2D eigenvalue weighted by molar-refractivity contribution is 5.69. The number of carboxylic acid groups (broad SMARTS) is 1. The number of hydrogen-bond acceptors (Lipinski definition) is 3. The van der Waals surface area contributed by atoms with Gasteiger partial charge in [-0.1, -0.05) is 181 Å². The van der Waals surface area contributed by atoms with Gasteiger partial charge in [0.05, 0.1) is 0 Å². The number of aliphatic carboxylic acids is 1. The minimum Gasteiger partial charge on any atom is -0.481 e. The molecule has 0 aliphatic heterocycles. The first kappa shape index (κ1) is 41.9. The number of rotatable bonds is 36. The predicted molar refractivity (Wildman–Crippen MR) is 186 cm³/mol. The Balaban J connectivity index is 3.76. The largest absolute Gasteiger partial charge is 0.481 e. The van der Waals surface area contributed by atoms with Gasteiger partial charge in [-0.3, -0.25) is 9.59 Å². The van der Waals surface area contributed by atoms with Crippen molar-refractivity contribution in [3.63, 3.8) is 0 Å². The van der Waals surface area contributed by atoms with Gasteiger partial charge in [0.2, 0.25) is 0 Å². The van der Waals surface area contributed by atoms with E-state index in [1.54, 1.807) is 0 Å². The van der Waals surface area contributed by atoms with Crippen LogP contribution in [0.4, 0.5) is 0 Å². The minimum absolute atomic E-state index is 0.0429. The lowest BCUT2D eigenvalue weighted by Gasteiger charge is -2.18. The van der Waals surface area contributed by atoms with Gasteiger partial charge in [-0.2, -0.15) is 0 Å². The number of unbranched alkanes of at least 4 members (excludes halogenated alkanes) is 27. The van der Waals surface area contributed by atoms with Crippen LogP contribution in [0, 0.1) is 0 Å². The van der Waals surface area contributed by atoms with Crippen molar-refractivity contribution in [2.75, 3.05) is 0 Å². The van der Waals surface area contributed by atoms with Crippen LogP contribution in [0.3, 0.4) is 0 Å². The van der Waals surface area contributed by atoms with E-state index in [2.05, 4.69) is 13.8 Å². The third-order valence-electron chi connectivity index (χ3n) is 9.08. The van der Waals surface area contributed by atoms with Crippen molar-refractivity contribution >= 4 is 11.9 Å². The van der Waals surface area contributed by atoms with Gasteiger partial charge in [0.1, 0.15) is 6.10 Å². The fraction of sp³-hybridized carbons (Fsp3) is 0.949. The van der Waals surface area contributed by atoms with Crippen LogP contribution in [0.2, 0.25) is 0 Å². The van der Waals surface area contributed by atoms with Crippen molar-refractivity contribution in [3.8, 4) is 0 Å². The summed E-state index contributed by atoms with van der Waals surface area (Å²) in [6, 6.07) is 0. The minimum atomic E-state index is -0.668. The van der Waals surface area contributed by atoms with Gasteiger partial charge in [0.15, 0.2) is 0 Å². The van der Waals surface area contributed by atoms with Crippen LogP contribution in [0.25, 0.3) is 0 Å². The zero-order valence-corrected chi connectivity index (χ0v) is 29.3. The van der Waals surface area contributed by atoms with E-state index in [-0.39, 0.29) is 12.1 Å². The molecule has 0 aliphatic rings. The molecule has 0 heterocycles. The Morgan fingerprint density at radius 1 is 0.419 bits per heavy atom. The SMILES string of the molecule is CCCCCCCCCCCCCCCCC(=O)OC(CCCCCC)CCCCCCCCCCCCCCC(=O)O. The van der Waals surface area contributed by atoms with Gasteiger partial charge in [0, 0.05) is 12.8 Å². The van der Waals surface area contributed by atoms with Gasteiger partial charge in [-0.15, -0.1) is 0 Å². The fourth-order valence-corrected chi connectivity index (χ4v) is 6.19. The Kier molecular flexibility index (Phi) is 34.5. The molecule has 256 valence electrons. The van der Waals surface area contributed by atoms with E-state index in [9.17, 15) is 9.59 Å². The molecule has 0 aliphatic carbocycles. The maximum Gasteiger partial charge on any atom is 0.306 e. The van der Waals surface area contributed by atoms with E-state index in [1.807, 2.05) is 0 Å². The molecule has 4 heteroatoms. The normalized spacial score (nSPS) is 12.0. The molecule has 0 saturated heterocycles. The summed E-state index contributed by atoms with van der Waals surface area (Å²) >= 11 is 0. The van der Waals surface area contributed by atoms with E-state index >= 15 is 0 Å². The zero-order valence-electron chi connectivity index (χ0n) is 29.3. The average molecular weight is 609 g/mol. The summed E-state index contributed by atoms with van der Waals surface area (Å²) in [6.07, 6.45) is 41.5. The molecule has 0 bridgehead atoms. The van der Waals surface area contributed by atoms with Crippen LogP contribution < -0.4 is 0 Å². The van der Waals surface area contributed by atoms with E-state index in [0.717, 1.165) is 32.1 Å². The molecule has 0 aromatic heterocycles. The van der Waals surface area contributed by atoms with Gasteiger partial charge < -0.3 is 9.84 Å². The first-order valence-corrected chi connectivity index (χ1v) is 19.5. The van der Waals surface area contributed by atoms with Crippen molar-refractivity contribution in [3.05, 3.63) is 0 Å². The molecular weight excluding hydrogens is 532 g/mol. The topological polar surface area (TPSA) is 63.6 Å². The first-order chi connectivity index (χ1) is 21.1. The number of carbonyl (C=O) groups excluding carboxylic acids is 1. The van der Waals surface area contributed by atoms with E-state index in [0.29, 0.717) is 12.8 Å². The molecule has 43 heavy (non-hydrogen) atoms. The number of carboxylic acids is 1. The molecule has 0 saturated carbocycles. The molecule has 1 N–H and O–H groups in total. The summed E-state index contributed by atoms with van der Waals surface area (Å²) in [5.74, 6) is -0.625. The number of esters is 1. The molecule has 0 fully saturated rings. The summed E-state index contributed by atoms with van der Waals surface area (Å²) in [6.45, 7) is 4.53. The molecular formula is C39H76O4. The fourth-order valence-electron chi connectivity index (χ4n) is 6.19. The lowest BCUT2D eigenvalue weighted by Crippen LogP contribution is -2.18. The smallest absolute Gasteiger partial charge is 0.306 e. The second-order valence-electron chi connectivity index (χ2n) is 13.5. The summed E-state index contributed by atoms with van der Waals surface area (Å²) in [7, 11) is 0. The quantitative estimate of drug-likeness (QED) is 0.0567. The van der Waals surface area contributed by atoms with Crippen LogP contribution in [0.1, 0.15) is 232 Å². The molecule has 0 amide bonds. The average Bonchev–Trinajstić information content (AvgIpc) is 2.99. The lowest BCUT2D eigenvalue weighted by atomic mass is 10.0. The maximum absolute atomic E-state index is 12.6. The Morgan fingerprint density at radius 3 is 1.05 bits per heavy atom. The molecule has 0 aromatic rings. The highest BCUT2D eigenvalue weighted by atomic mass is 16.5. The second kappa shape index (κ2) is 35.4. The molecule has 4 nitrogen and oxygen atoms in total. The Bertz CT molecular complexity index is 576. The molecule has 1 atom stereocenters. The van der Waals surface area contributed by atoms with E-state index < -0.39 is 5.97 Å². The molecule has 0 spiro atoms. The van der Waals surface area contributed by atoms with E-state index in [1.165, 1.54) is 173 Å². The summed E-state index contributed by atoms with van der Waals surface area (Å²) in [4.78, 5) is 23.1. The van der Waals surface area contributed by atoms with Gasteiger partial charge in [-0.05, 0) is 38.5 Å². The first-order valence-electron chi connectivity index (χ1n) is 19.5. The van der Waals surface area contributed by atoms with Crippen LogP contribution in [-0.4, -0.2) is 23.1 Å². The van der Waals surface area contributed by atoms with Crippen LogP contribution in [0.5, 0.6) is 0 Å². The Morgan fingerprint density at radius 2 is 0.698 bits per heavy atom. The maximum atomic E-state index is 12.6. The van der Waals surface area contributed by atoms with Crippen LogP contribution >= 0.6 is 0 Å². The van der Waals surface area contributed by atoms with Gasteiger partial charge in [-0.25, -0.2) is 0 Å². The molecule has 0 aromatic carbocycles. The standard InChI is InChI=1S/C39H76O4/c1-3-5-7-9-10-11-12-13-14-19-22-25-28-32-36-39(42)43-37(33-29-8-6-4-2)34-30-26-23-20-17-15-16-18-21-24-27-31-35-38(40)41/h37H,3-36H2,1-2H3,(H,40,41). The third-order valence-corrected chi connectivity index (χ3v) is 9.08. The van der Waals surface area contributed by atoms with Crippen LogP contribution in [0.15, 0.2) is 0 Å². The third kappa shape index (κ3) is 35.3. The zero-order chi connectivity index (χ0) is 31.5. The van der Waals surface area contributed by atoms with Gasteiger partial charge in [0.25, 0.3) is 0 Å². The monoisotopic (exact) mass is 609 g/mol. The summed E-state index contributed by atoms with van der Waals surface area (Å²) in [5, 5.41) is 8.68. The Hall–Kier alpha value is -1.06. The summed E-state index contributed by atoms with van der Waals surface area (Å²) in [5.41, 5.74) is 0. The molecule has 0 radical (unpaired) electrons. The summed E-state index contributed by atoms with van der Waals surface area (Å²) < 4.78 is 5.99. The molecule has 0 rings (SSSR count). The lowest BCUT2D eigenvalue weighted by molar-refractivity contribution is -0.150. The number of ether oxygens (including phenoxy) is 1. The predicted octanol–water partition coefficient (Wildman–Crippen LogP) is 13.3. The molecule has 1 unspecified atom stereocenters. The number of carbonyl (C=O) groups is 2. The van der Waals surface area contributed by atoms with Crippen molar-refractivity contribution < 1.29 is 19.4 Å². The van der Waals surface area contributed by atoms with Crippen molar-refractivity contribution in [2.24, 2.45) is 0 Å². The number of hydrogen-bond donors (Lipinski definition) is 1. The van der Waals surface area contributed by atoms with E-state index in [4.69, 9.17) is 9.84 Å². The van der Waals surface area contributed by atoms with Crippen molar-refractivity contribution in [1.29, 1.82) is 0 Å². The van der Waals surface area contributed by atoms with Crippen molar-refractivity contribution in [2.45, 2.75) is 238 Å². The Labute approximate surface area is 269 Å². The highest BCUT2D eigenvalue weighted by Crippen LogP contribution is 2.19. The van der Waals surface area contributed by atoms with Gasteiger partial charge >= 0.3 is 11.9 Å².